The Bertz CT molecular complexity index is 881. The number of guanidine groups is 1. The first-order valence-corrected chi connectivity index (χ1v) is 8.18. The van der Waals surface area contributed by atoms with Gasteiger partial charge in [-0.1, -0.05) is 36.4 Å². The van der Waals surface area contributed by atoms with E-state index in [0.717, 1.165) is 0 Å². The largest absolute Gasteiger partial charge is 0.481 e. The van der Waals surface area contributed by atoms with E-state index in [1.54, 1.807) is 42.5 Å². The van der Waals surface area contributed by atoms with E-state index in [9.17, 15) is 14.4 Å². The van der Waals surface area contributed by atoms with Crippen molar-refractivity contribution in [2.45, 2.75) is 12.5 Å². The summed E-state index contributed by atoms with van der Waals surface area (Å²) in [6.07, 6.45) is -0.314. The van der Waals surface area contributed by atoms with E-state index in [0.29, 0.717) is 11.3 Å². The average Bonchev–Trinajstić information content (AvgIpc) is 2.65. The zero-order valence-electron chi connectivity index (χ0n) is 14.8. The van der Waals surface area contributed by atoms with Crippen LogP contribution in [-0.4, -0.2) is 29.0 Å². The highest BCUT2D eigenvalue weighted by atomic mass is 16.4. The van der Waals surface area contributed by atoms with Gasteiger partial charge in [0.25, 0.3) is 5.91 Å². The van der Waals surface area contributed by atoms with Gasteiger partial charge in [0, 0.05) is 5.56 Å². The number of nitrogens with one attached hydrogen (secondary N) is 3. The van der Waals surface area contributed by atoms with Crippen LogP contribution in [0.15, 0.2) is 59.6 Å². The van der Waals surface area contributed by atoms with Crippen LogP contribution in [0.4, 0.5) is 10.5 Å². The summed E-state index contributed by atoms with van der Waals surface area (Å²) in [5.41, 5.74) is 16.2. The van der Waals surface area contributed by atoms with Crippen LogP contribution in [0.1, 0.15) is 28.4 Å². The van der Waals surface area contributed by atoms with Gasteiger partial charge in [0.15, 0.2) is 5.96 Å². The highest BCUT2D eigenvalue weighted by molar-refractivity contribution is 5.96. The van der Waals surface area contributed by atoms with Crippen LogP contribution >= 0.6 is 0 Å². The van der Waals surface area contributed by atoms with Crippen molar-refractivity contribution >= 4 is 29.6 Å². The van der Waals surface area contributed by atoms with Crippen LogP contribution in [0.5, 0.6) is 0 Å². The van der Waals surface area contributed by atoms with E-state index in [1.807, 2.05) is 0 Å². The smallest absolute Gasteiger partial charge is 0.333 e. The lowest BCUT2D eigenvalue weighted by Gasteiger charge is -2.18. The molecule has 8 N–H and O–H groups in total. The number of carbonyl (C=O) groups is 3. The van der Waals surface area contributed by atoms with Gasteiger partial charge in [0.1, 0.15) is 0 Å². The zero-order chi connectivity index (χ0) is 20.5. The van der Waals surface area contributed by atoms with E-state index >= 15 is 0 Å². The molecule has 146 valence electrons. The van der Waals surface area contributed by atoms with E-state index in [2.05, 4.69) is 21.2 Å². The highest BCUT2D eigenvalue weighted by Gasteiger charge is 2.18. The first-order chi connectivity index (χ1) is 13.3. The van der Waals surface area contributed by atoms with Gasteiger partial charge in [0.05, 0.1) is 18.2 Å². The number of carboxylic acid groups (broad SMARTS) is 1. The fraction of sp³-hybridized carbons (Fsp3) is 0.111. The van der Waals surface area contributed by atoms with Crippen LogP contribution in [0.25, 0.3) is 0 Å². The lowest BCUT2D eigenvalue weighted by Crippen LogP contribution is -2.48. The maximum Gasteiger partial charge on any atom is 0.333 e. The van der Waals surface area contributed by atoms with Gasteiger partial charge >= 0.3 is 12.0 Å². The summed E-state index contributed by atoms with van der Waals surface area (Å²) in [6.45, 7) is 0. The molecule has 0 aromatic heterocycles. The fourth-order valence-corrected chi connectivity index (χ4v) is 2.36. The topological polar surface area (TPSA) is 172 Å². The quantitative estimate of drug-likeness (QED) is 0.244. The van der Waals surface area contributed by atoms with Crippen LogP contribution in [0.3, 0.4) is 0 Å². The number of urea groups is 1. The van der Waals surface area contributed by atoms with Crippen molar-refractivity contribution in [2.24, 2.45) is 16.5 Å². The number of amides is 3. The first-order valence-electron chi connectivity index (χ1n) is 8.18. The number of carboxylic acids is 1. The van der Waals surface area contributed by atoms with Gasteiger partial charge in [-0.15, -0.1) is 0 Å². The molecule has 3 amide bonds. The summed E-state index contributed by atoms with van der Waals surface area (Å²) in [5, 5.41) is 11.6. The van der Waals surface area contributed by atoms with Crippen molar-refractivity contribution in [1.29, 1.82) is 0 Å². The molecule has 0 spiro atoms. The molecule has 0 radical (unpaired) electrons. The second-order valence-corrected chi connectivity index (χ2v) is 5.70. The number of aliphatic carboxylic acids is 1. The summed E-state index contributed by atoms with van der Waals surface area (Å²) < 4.78 is 0. The molecule has 10 heteroatoms. The predicted octanol–water partition coefficient (Wildman–Crippen LogP) is 0.752. The van der Waals surface area contributed by atoms with E-state index in [-0.39, 0.29) is 17.9 Å². The monoisotopic (exact) mass is 384 g/mol. The molecule has 0 unspecified atom stereocenters. The summed E-state index contributed by atoms with van der Waals surface area (Å²) in [6, 6.07) is 13.2. The number of aliphatic imine (C=N–C) groups is 1. The molecular formula is C18H20N6O4. The number of hydrogen-bond acceptors (Lipinski definition) is 4. The first kappa shape index (κ1) is 20.2. The van der Waals surface area contributed by atoms with Crippen molar-refractivity contribution in [2.75, 3.05) is 0 Å². The van der Waals surface area contributed by atoms with Gasteiger partial charge in [-0.05, 0) is 23.8 Å². The molecule has 0 fully saturated rings. The Hall–Kier alpha value is -4.08. The van der Waals surface area contributed by atoms with Crippen molar-refractivity contribution in [3.63, 3.8) is 0 Å². The molecule has 0 heterocycles. The Kier molecular flexibility index (Phi) is 6.92. The summed E-state index contributed by atoms with van der Waals surface area (Å²) in [7, 11) is 0. The Labute approximate surface area is 160 Å². The lowest BCUT2D eigenvalue weighted by atomic mass is 10.0. The number of hydrogen-bond donors (Lipinski definition) is 6. The summed E-state index contributed by atoms with van der Waals surface area (Å²) in [4.78, 5) is 39.1. The number of carbonyl (C=O) groups excluding carboxylic acids is 2. The SMILES string of the molecule is NC(N)=Nc1cccc(C(=O)NNC(=O)N[C@H](CC(=O)O)c2ccccc2)c1. The second kappa shape index (κ2) is 9.57. The minimum Gasteiger partial charge on any atom is -0.481 e. The zero-order valence-corrected chi connectivity index (χ0v) is 14.8. The molecular weight excluding hydrogens is 364 g/mol. The molecule has 1 atom stereocenters. The number of nitrogens with two attached hydrogens (primary N) is 2. The third kappa shape index (κ3) is 6.33. The molecule has 0 aliphatic heterocycles. The van der Waals surface area contributed by atoms with Gasteiger partial charge in [-0.25, -0.2) is 15.2 Å². The highest BCUT2D eigenvalue weighted by Crippen LogP contribution is 2.16. The molecule has 2 aromatic carbocycles. The van der Waals surface area contributed by atoms with Gasteiger partial charge in [-0.3, -0.25) is 15.0 Å². The normalized spacial score (nSPS) is 11.0. The Morgan fingerprint density at radius 2 is 1.71 bits per heavy atom. The van der Waals surface area contributed by atoms with Gasteiger partial charge in [-0.2, -0.15) is 0 Å². The molecule has 28 heavy (non-hydrogen) atoms. The predicted molar refractivity (Wildman–Crippen MR) is 102 cm³/mol. The number of rotatable bonds is 6. The fourth-order valence-electron chi connectivity index (χ4n) is 2.36. The van der Waals surface area contributed by atoms with Crippen LogP contribution < -0.4 is 27.6 Å². The van der Waals surface area contributed by atoms with E-state index < -0.39 is 23.9 Å². The minimum atomic E-state index is -1.07. The number of nitrogens with zero attached hydrogens (tertiary/aromatic N) is 1. The molecule has 0 saturated carbocycles. The van der Waals surface area contributed by atoms with Crippen molar-refractivity contribution in [3.8, 4) is 0 Å². The standard InChI is InChI=1S/C18H20N6O4/c19-17(20)21-13-8-4-7-12(9-13)16(27)23-24-18(28)22-14(10-15(25)26)11-5-2-1-3-6-11/h1-9,14H,10H2,(H,23,27)(H,25,26)(H4,19,20,21)(H2,22,24,28)/t14-/m1/s1. The molecule has 0 saturated heterocycles. The third-order valence-corrected chi connectivity index (χ3v) is 3.54. The molecule has 10 nitrogen and oxygen atoms in total. The van der Waals surface area contributed by atoms with Crippen molar-refractivity contribution in [1.82, 2.24) is 16.2 Å². The number of benzene rings is 2. The van der Waals surface area contributed by atoms with Crippen molar-refractivity contribution < 1.29 is 19.5 Å². The Morgan fingerprint density at radius 1 is 1.00 bits per heavy atom. The second-order valence-electron chi connectivity index (χ2n) is 5.70. The van der Waals surface area contributed by atoms with Gasteiger partial charge < -0.3 is 21.9 Å². The van der Waals surface area contributed by atoms with Crippen LogP contribution in [-0.2, 0) is 4.79 Å². The van der Waals surface area contributed by atoms with Crippen molar-refractivity contribution in [3.05, 3.63) is 65.7 Å². The Morgan fingerprint density at radius 3 is 2.36 bits per heavy atom. The maximum atomic E-state index is 12.2. The summed E-state index contributed by atoms with van der Waals surface area (Å²) >= 11 is 0. The number of hydrazine groups is 1. The molecule has 2 rings (SSSR count). The maximum absolute atomic E-state index is 12.2. The van der Waals surface area contributed by atoms with Gasteiger partial charge in [0.2, 0.25) is 0 Å². The van der Waals surface area contributed by atoms with Crippen LogP contribution in [0, 0.1) is 0 Å². The van der Waals surface area contributed by atoms with E-state index in [1.165, 1.54) is 12.1 Å². The molecule has 0 bridgehead atoms. The molecule has 0 aliphatic rings. The minimum absolute atomic E-state index is 0.152. The molecule has 2 aromatic rings. The Balaban J connectivity index is 1.97. The molecule has 0 aliphatic carbocycles. The van der Waals surface area contributed by atoms with Crippen LogP contribution in [0.2, 0.25) is 0 Å². The van der Waals surface area contributed by atoms with E-state index in [4.69, 9.17) is 16.6 Å². The summed E-state index contributed by atoms with van der Waals surface area (Å²) in [5.74, 6) is -1.83. The third-order valence-electron chi connectivity index (χ3n) is 3.54. The average molecular weight is 384 g/mol. The lowest BCUT2D eigenvalue weighted by molar-refractivity contribution is -0.137.